The summed E-state index contributed by atoms with van der Waals surface area (Å²) in [6.45, 7) is 3.43. The number of ketones is 2. The second kappa shape index (κ2) is 6.65. The lowest BCUT2D eigenvalue weighted by molar-refractivity contribution is 0.100. The lowest BCUT2D eigenvalue weighted by Gasteiger charge is -1.98. The number of azo groups is 1. The zero-order valence-electron chi connectivity index (χ0n) is 11.9. The molecular weight excluding hydrogens is 266 g/mol. The van der Waals surface area contributed by atoms with Crippen LogP contribution in [0.5, 0.6) is 0 Å². The molecule has 0 bridgehead atoms. The van der Waals surface area contributed by atoms with E-state index in [-0.39, 0.29) is 11.6 Å². The molecule has 0 saturated carbocycles. The monoisotopic (exact) mass is 281 g/mol. The van der Waals surface area contributed by atoms with E-state index < -0.39 is 0 Å². The van der Waals surface area contributed by atoms with Gasteiger partial charge in [0.05, 0.1) is 6.54 Å². The van der Waals surface area contributed by atoms with Gasteiger partial charge >= 0.3 is 0 Å². The van der Waals surface area contributed by atoms with Crippen LogP contribution in [0, 0.1) is 0 Å². The van der Waals surface area contributed by atoms with E-state index in [1.165, 1.54) is 20.0 Å². The standard InChI is InChI=1S/C16H15N3O2/c1-11(20)14-5-3-13(4-6-14)9-18-19-16-8-7-15(10-17-16)12(2)21/h3-8,10H,9H2,1-2H3. The zero-order valence-corrected chi connectivity index (χ0v) is 11.9. The number of hydrogen-bond acceptors (Lipinski definition) is 5. The van der Waals surface area contributed by atoms with Gasteiger partial charge in [0.15, 0.2) is 17.4 Å². The highest BCUT2D eigenvalue weighted by molar-refractivity contribution is 5.94. The predicted molar refractivity (Wildman–Crippen MR) is 78.9 cm³/mol. The summed E-state index contributed by atoms with van der Waals surface area (Å²) < 4.78 is 0. The molecule has 2 rings (SSSR count). The molecule has 2 aromatic rings. The van der Waals surface area contributed by atoms with Gasteiger partial charge in [-0.1, -0.05) is 24.3 Å². The molecule has 0 atom stereocenters. The van der Waals surface area contributed by atoms with Crippen molar-refractivity contribution < 1.29 is 9.59 Å². The Kier molecular flexibility index (Phi) is 4.66. The number of nitrogens with zero attached hydrogens (tertiary/aromatic N) is 3. The fourth-order valence-electron chi connectivity index (χ4n) is 1.69. The van der Waals surface area contributed by atoms with Crippen molar-refractivity contribution in [2.24, 2.45) is 10.2 Å². The number of rotatable bonds is 5. The van der Waals surface area contributed by atoms with E-state index in [1.807, 2.05) is 12.1 Å². The third-order valence-electron chi connectivity index (χ3n) is 2.94. The average molecular weight is 281 g/mol. The van der Waals surface area contributed by atoms with Crippen LogP contribution in [-0.2, 0) is 6.54 Å². The third kappa shape index (κ3) is 4.14. The van der Waals surface area contributed by atoms with Gasteiger partial charge in [-0.2, -0.15) is 5.11 Å². The van der Waals surface area contributed by atoms with Crippen molar-refractivity contribution >= 4 is 17.4 Å². The molecule has 1 aromatic carbocycles. The summed E-state index contributed by atoms with van der Waals surface area (Å²) in [6.07, 6.45) is 1.48. The molecule has 0 aliphatic carbocycles. The molecule has 5 heteroatoms. The minimum absolute atomic E-state index is 0.0310. The van der Waals surface area contributed by atoms with Crippen molar-refractivity contribution in [3.05, 3.63) is 59.3 Å². The molecule has 0 unspecified atom stereocenters. The largest absolute Gasteiger partial charge is 0.295 e. The SMILES string of the molecule is CC(=O)c1ccc(CN=Nc2ccc(C(C)=O)cn2)cc1. The van der Waals surface area contributed by atoms with Gasteiger partial charge in [0, 0.05) is 17.3 Å². The summed E-state index contributed by atoms with van der Waals surface area (Å²) in [4.78, 5) is 26.3. The van der Waals surface area contributed by atoms with Crippen molar-refractivity contribution in [1.29, 1.82) is 0 Å². The van der Waals surface area contributed by atoms with Gasteiger partial charge in [-0.3, -0.25) is 9.59 Å². The summed E-state index contributed by atoms with van der Waals surface area (Å²) in [5.41, 5.74) is 2.19. The lowest BCUT2D eigenvalue weighted by atomic mass is 10.1. The quantitative estimate of drug-likeness (QED) is 0.618. The van der Waals surface area contributed by atoms with Gasteiger partial charge in [0.25, 0.3) is 0 Å². The van der Waals surface area contributed by atoms with Crippen molar-refractivity contribution in [2.45, 2.75) is 20.4 Å². The van der Waals surface area contributed by atoms with Gasteiger partial charge in [-0.15, -0.1) is 5.11 Å². The molecule has 0 aliphatic rings. The fourth-order valence-corrected chi connectivity index (χ4v) is 1.69. The van der Waals surface area contributed by atoms with E-state index in [2.05, 4.69) is 15.2 Å². The first kappa shape index (κ1) is 14.7. The maximum Gasteiger partial charge on any atom is 0.173 e. The Hall–Kier alpha value is -2.69. The number of aromatic nitrogens is 1. The maximum absolute atomic E-state index is 11.2. The Balaban J connectivity index is 1.98. The number of Topliss-reactive ketones (excluding diaryl/α,β-unsaturated/α-hetero) is 2. The molecule has 1 heterocycles. The molecule has 0 fully saturated rings. The van der Waals surface area contributed by atoms with Crippen LogP contribution in [0.25, 0.3) is 0 Å². The summed E-state index contributed by atoms with van der Waals surface area (Å²) in [6, 6.07) is 10.6. The molecule has 21 heavy (non-hydrogen) atoms. The van der Waals surface area contributed by atoms with E-state index in [9.17, 15) is 9.59 Å². The predicted octanol–water partition coefficient (Wildman–Crippen LogP) is 3.77. The van der Waals surface area contributed by atoms with Crippen molar-refractivity contribution in [3.63, 3.8) is 0 Å². The lowest BCUT2D eigenvalue weighted by Crippen LogP contribution is -1.92. The Labute approximate surface area is 122 Å². The molecular formula is C16H15N3O2. The minimum Gasteiger partial charge on any atom is -0.295 e. The summed E-state index contributed by atoms with van der Waals surface area (Å²) in [5, 5.41) is 8.05. The number of pyridine rings is 1. The van der Waals surface area contributed by atoms with E-state index in [0.29, 0.717) is 23.5 Å². The Morgan fingerprint density at radius 1 is 0.952 bits per heavy atom. The topological polar surface area (TPSA) is 71.8 Å². The molecule has 0 saturated heterocycles. The van der Waals surface area contributed by atoms with E-state index in [1.54, 1.807) is 24.3 Å². The van der Waals surface area contributed by atoms with Gasteiger partial charge < -0.3 is 0 Å². The number of carbonyl (C=O) groups excluding carboxylic acids is 2. The normalized spacial score (nSPS) is 10.8. The second-order valence-corrected chi connectivity index (χ2v) is 4.61. The molecule has 0 radical (unpaired) electrons. The third-order valence-corrected chi connectivity index (χ3v) is 2.94. The Bertz CT molecular complexity index is 674. The highest BCUT2D eigenvalue weighted by Gasteiger charge is 2.00. The minimum atomic E-state index is -0.0310. The summed E-state index contributed by atoms with van der Waals surface area (Å²) in [7, 11) is 0. The Morgan fingerprint density at radius 3 is 2.10 bits per heavy atom. The van der Waals surface area contributed by atoms with Crippen molar-refractivity contribution in [3.8, 4) is 0 Å². The molecule has 106 valence electrons. The van der Waals surface area contributed by atoms with E-state index >= 15 is 0 Å². The van der Waals surface area contributed by atoms with Crippen LogP contribution in [0.3, 0.4) is 0 Å². The zero-order chi connectivity index (χ0) is 15.2. The van der Waals surface area contributed by atoms with Gasteiger partial charge in [0.1, 0.15) is 0 Å². The highest BCUT2D eigenvalue weighted by atomic mass is 16.1. The molecule has 5 nitrogen and oxygen atoms in total. The van der Waals surface area contributed by atoms with E-state index in [4.69, 9.17) is 0 Å². The first-order valence-electron chi connectivity index (χ1n) is 6.50. The van der Waals surface area contributed by atoms with Gasteiger partial charge in [0.2, 0.25) is 0 Å². The molecule has 0 N–H and O–H groups in total. The van der Waals surface area contributed by atoms with Crippen LogP contribution in [0.4, 0.5) is 5.82 Å². The highest BCUT2D eigenvalue weighted by Crippen LogP contribution is 2.11. The van der Waals surface area contributed by atoms with Gasteiger partial charge in [-0.05, 0) is 31.5 Å². The first-order chi connectivity index (χ1) is 10.1. The molecule has 0 aliphatic heterocycles. The summed E-state index contributed by atoms with van der Waals surface area (Å²) >= 11 is 0. The molecule has 1 aromatic heterocycles. The Morgan fingerprint density at radius 2 is 1.57 bits per heavy atom. The second-order valence-electron chi connectivity index (χ2n) is 4.61. The van der Waals surface area contributed by atoms with Crippen LogP contribution in [0.2, 0.25) is 0 Å². The number of carbonyl (C=O) groups is 2. The fraction of sp³-hybridized carbons (Fsp3) is 0.188. The number of benzene rings is 1. The molecule has 0 spiro atoms. The van der Waals surface area contributed by atoms with Crippen LogP contribution < -0.4 is 0 Å². The van der Waals surface area contributed by atoms with E-state index in [0.717, 1.165) is 5.56 Å². The first-order valence-corrected chi connectivity index (χ1v) is 6.50. The van der Waals surface area contributed by atoms with Crippen LogP contribution in [0.15, 0.2) is 52.8 Å². The molecule has 0 amide bonds. The van der Waals surface area contributed by atoms with Crippen LogP contribution in [0.1, 0.15) is 40.1 Å². The van der Waals surface area contributed by atoms with Crippen LogP contribution >= 0.6 is 0 Å². The smallest absolute Gasteiger partial charge is 0.173 e. The number of hydrogen-bond donors (Lipinski definition) is 0. The maximum atomic E-state index is 11.2. The average Bonchev–Trinajstić information content (AvgIpc) is 2.48. The summed E-state index contributed by atoms with van der Waals surface area (Å²) in [5.74, 6) is 0.467. The van der Waals surface area contributed by atoms with Crippen LogP contribution in [-0.4, -0.2) is 16.6 Å². The van der Waals surface area contributed by atoms with Crippen molar-refractivity contribution in [1.82, 2.24) is 4.98 Å². The van der Waals surface area contributed by atoms with Crippen molar-refractivity contribution in [2.75, 3.05) is 0 Å². The van der Waals surface area contributed by atoms with Gasteiger partial charge in [-0.25, -0.2) is 4.98 Å².